The standard InChI is InChI=1S/C17H18N6O2/c1-12-5-4-8-16(19-12)23-17(20-21-22-23)10-18-9-13-11-24-14-6-2-3-7-15(14)25-13/h2-8,13,18H,9-11H2,1H3. The van der Waals surface area contributed by atoms with Crippen molar-refractivity contribution in [2.45, 2.75) is 19.6 Å². The molecule has 8 heteroatoms. The summed E-state index contributed by atoms with van der Waals surface area (Å²) in [5.41, 5.74) is 0.915. The van der Waals surface area contributed by atoms with Gasteiger partial charge in [-0.3, -0.25) is 0 Å². The predicted octanol–water partition coefficient (Wildman–Crippen LogP) is 1.30. The van der Waals surface area contributed by atoms with Crippen LogP contribution < -0.4 is 14.8 Å². The van der Waals surface area contributed by atoms with Crippen molar-refractivity contribution in [1.29, 1.82) is 0 Å². The summed E-state index contributed by atoms with van der Waals surface area (Å²) in [6, 6.07) is 13.4. The third-order valence-corrected chi connectivity index (χ3v) is 3.85. The molecule has 8 nitrogen and oxygen atoms in total. The van der Waals surface area contributed by atoms with Crippen LogP contribution in [0.3, 0.4) is 0 Å². The van der Waals surface area contributed by atoms with Crippen molar-refractivity contribution in [1.82, 2.24) is 30.5 Å². The molecule has 25 heavy (non-hydrogen) atoms. The van der Waals surface area contributed by atoms with Crippen LogP contribution >= 0.6 is 0 Å². The molecule has 0 saturated carbocycles. The van der Waals surface area contributed by atoms with Crippen molar-refractivity contribution < 1.29 is 9.47 Å². The van der Waals surface area contributed by atoms with Gasteiger partial charge in [0.25, 0.3) is 0 Å². The van der Waals surface area contributed by atoms with Crippen molar-refractivity contribution in [3.63, 3.8) is 0 Å². The van der Waals surface area contributed by atoms with E-state index in [1.807, 2.05) is 49.4 Å². The van der Waals surface area contributed by atoms with E-state index >= 15 is 0 Å². The SMILES string of the molecule is Cc1cccc(-n2nnnc2CNCC2COc3ccccc3O2)n1. The number of rotatable bonds is 5. The zero-order valence-corrected chi connectivity index (χ0v) is 13.8. The molecule has 1 aliphatic heterocycles. The Morgan fingerprint density at radius 1 is 1.16 bits per heavy atom. The molecule has 0 radical (unpaired) electrons. The lowest BCUT2D eigenvalue weighted by molar-refractivity contribution is 0.0900. The Labute approximate surface area is 144 Å². The van der Waals surface area contributed by atoms with Crippen LogP contribution in [0.5, 0.6) is 11.5 Å². The Morgan fingerprint density at radius 3 is 2.92 bits per heavy atom. The molecule has 1 atom stereocenters. The normalized spacial score (nSPS) is 16.0. The molecule has 2 aromatic heterocycles. The average molecular weight is 338 g/mol. The summed E-state index contributed by atoms with van der Waals surface area (Å²) in [6.45, 7) is 3.57. The fourth-order valence-corrected chi connectivity index (χ4v) is 2.65. The van der Waals surface area contributed by atoms with Gasteiger partial charge in [-0.15, -0.1) is 5.10 Å². The van der Waals surface area contributed by atoms with E-state index in [1.165, 1.54) is 0 Å². The number of hydrogen-bond acceptors (Lipinski definition) is 7. The summed E-state index contributed by atoms with van der Waals surface area (Å²) in [5, 5.41) is 15.2. The van der Waals surface area contributed by atoms with E-state index < -0.39 is 0 Å². The van der Waals surface area contributed by atoms with E-state index in [0.717, 1.165) is 17.2 Å². The summed E-state index contributed by atoms with van der Waals surface area (Å²) in [6.07, 6.45) is -0.0590. The van der Waals surface area contributed by atoms with Gasteiger partial charge in [-0.25, -0.2) is 4.98 Å². The first-order chi connectivity index (χ1) is 12.3. The van der Waals surface area contributed by atoms with E-state index in [1.54, 1.807) is 4.68 Å². The van der Waals surface area contributed by atoms with Gasteiger partial charge in [0.1, 0.15) is 12.7 Å². The quantitative estimate of drug-likeness (QED) is 0.750. The fourth-order valence-electron chi connectivity index (χ4n) is 2.65. The molecule has 0 fully saturated rings. The number of fused-ring (bicyclic) bond motifs is 1. The molecule has 1 unspecified atom stereocenters. The Kier molecular flexibility index (Phi) is 4.26. The van der Waals surface area contributed by atoms with Gasteiger partial charge < -0.3 is 14.8 Å². The first-order valence-corrected chi connectivity index (χ1v) is 8.10. The van der Waals surface area contributed by atoms with Gasteiger partial charge in [0, 0.05) is 12.2 Å². The molecule has 0 spiro atoms. The number of aryl methyl sites for hydroxylation is 1. The summed E-state index contributed by atoms with van der Waals surface area (Å²) in [7, 11) is 0. The third kappa shape index (κ3) is 3.43. The topological polar surface area (TPSA) is 87.0 Å². The van der Waals surface area contributed by atoms with Crippen molar-refractivity contribution >= 4 is 0 Å². The highest BCUT2D eigenvalue weighted by Gasteiger charge is 2.20. The van der Waals surface area contributed by atoms with E-state index in [-0.39, 0.29) is 6.10 Å². The highest BCUT2D eigenvalue weighted by atomic mass is 16.6. The van der Waals surface area contributed by atoms with Crippen LogP contribution in [-0.4, -0.2) is 44.4 Å². The van der Waals surface area contributed by atoms with E-state index in [2.05, 4.69) is 25.8 Å². The molecule has 4 rings (SSSR count). The minimum absolute atomic E-state index is 0.0590. The van der Waals surface area contributed by atoms with Gasteiger partial charge in [0.15, 0.2) is 23.1 Å². The number of benzene rings is 1. The average Bonchev–Trinajstić information content (AvgIpc) is 3.10. The molecule has 1 aliphatic rings. The molecular formula is C17H18N6O2. The van der Waals surface area contributed by atoms with E-state index in [0.29, 0.717) is 31.3 Å². The highest BCUT2D eigenvalue weighted by Crippen LogP contribution is 2.30. The first kappa shape index (κ1) is 15.5. The van der Waals surface area contributed by atoms with Crippen LogP contribution in [0.4, 0.5) is 0 Å². The predicted molar refractivity (Wildman–Crippen MR) is 89.7 cm³/mol. The number of nitrogens with zero attached hydrogens (tertiary/aromatic N) is 5. The van der Waals surface area contributed by atoms with Gasteiger partial charge >= 0.3 is 0 Å². The van der Waals surface area contributed by atoms with Gasteiger partial charge in [-0.2, -0.15) is 4.68 Å². The Morgan fingerprint density at radius 2 is 2.04 bits per heavy atom. The van der Waals surface area contributed by atoms with Gasteiger partial charge in [0.05, 0.1) is 6.54 Å². The largest absolute Gasteiger partial charge is 0.486 e. The zero-order valence-electron chi connectivity index (χ0n) is 13.8. The molecule has 128 valence electrons. The summed E-state index contributed by atoms with van der Waals surface area (Å²) >= 11 is 0. The van der Waals surface area contributed by atoms with Crippen LogP contribution in [0.15, 0.2) is 42.5 Å². The highest BCUT2D eigenvalue weighted by molar-refractivity contribution is 5.40. The number of aromatic nitrogens is 5. The molecule has 0 bridgehead atoms. The van der Waals surface area contributed by atoms with Crippen molar-refractivity contribution in [3.8, 4) is 17.3 Å². The first-order valence-electron chi connectivity index (χ1n) is 8.10. The number of nitrogens with one attached hydrogen (secondary N) is 1. The third-order valence-electron chi connectivity index (χ3n) is 3.85. The maximum absolute atomic E-state index is 5.92. The zero-order chi connectivity index (χ0) is 17.1. The Hall–Kier alpha value is -3.00. The second-order valence-electron chi connectivity index (χ2n) is 5.77. The minimum Gasteiger partial charge on any atom is -0.486 e. The molecule has 0 aliphatic carbocycles. The van der Waals surface area contributed by atoms with Gasteiger partial charge in [-0.1, -0.05) is 18.2 Å². The maximum atomic E-state index is 5.92. The summed E-state index contributed by atoms with van der Waals surface area (Å²) < 4.78 is 13.3. The number of tetrazole rings is 1. The van der Waals surface area contributed by atoms with E-state index in [4.69, 9.17) is 9.47 Å². The lowest BCUT2D eigenvalue weighted by Crippen LogP contribution is -2.38. The molecule has 1 N–H and O–H groups in total. The second kappa shape index (κ2) is 6.86. The maximum Gasteiger partial charge on any atom is 0.172 e. The molecular weight excluding hydrogens is 320 g/mol. The van der Waals surface area contributed by atoms with Crippen LogP contribution in [0.25, 0.3) is 5.82 Å². The number of pyridine rings is 1. The molecule has 0 saturated heterocycles. The van der Waals surface area contributed by atoms with Crippen molar-refractivity contribution in [2.24, 2.45) is 0 Å². The lowest BCUT2D eigenvalue weighted by Gasteiger charge is -2.26. The van der Waals surface area contributed by atoms with Crippen LogP contribution in [0.2, 0.25) is 0 Å². The van der Waals surface area contributed by atoms with Gasteiger partial charge in [0.2, 0.25) is 0 Å². The summed E-state index contributed by atoms with van der Waals surface area (Å²) in [4.78, 5) is 4.45. The fraction of sp³-hybridized carbons (Fsp3) is 0.294. The van der Waals surface area contributed by atoms with Gasteiger partial charge in [-0.05, 0) is 41.6 Å². The van der Waals surface area contributed by atoms with E-state index in [9.17, 15) is 0 Å². The van der Waals surface area contributed by atoms with Crippen LogP contribution in [0, 0.1) is 6.92 Å². The Bertz CT molecular complexity index is 866. The second-order valence-corrected chi connectivity index (χ2v) is 5.77. The molecule has 1 aromatic carbocycles. The number of ether oxygens (including phenoxy) is 2. The summed E-state index contributed by atoms with van der Waals surface area (Å²) in [5.74, 6) is 2.95. The van der Waals surface area contributed by atoms with Crippen LogP contribution in [-0.2, 0) is 6.54 Å². The molecule has 3 heterocycles. The monoisotopic (exact) mass is 338 g/mol. The van der Waals surface area contributed by atoms with Crippen LogP contribution in [0.1, 0.15) is 11.5 Å². The number of hydrogen-bond donors (Lipinski definition) is 1. The minimum atomic E-state index is -0.0590. The van der Waals surface area contributed by atoms with Crippen molar-refractivity contribution in [3.05, 3.63) is 54.0 Å². The van der Waals surface area contributed by atoms with Crippen molar-refractivity contribution in [2.75, 3.05) is 13.2 Å². The Balaban J connectivity index is 1.37. The smallest absolute Gasteiger partial charge is 0.172 e. The molecule has 0 amide bonds. The lowest BCUT2D eigenvalue weighted by atomic mass is 10.2. The molecule has 3 aromatic rings. The number of para-hydroxylation sites is 2.